The van der Waals surface area contributed by atoms with Gasteiger partial charge in [0.2, 0.25) is 0 Å². The van der Waals surface area contributed by atoms with Gasteiger partial charge in [-0.15, -0.1) is 0 Å². The third-order valence-corrected chi connectivity index (χ3v) is 4.16. The van der Waals surface area contributed by atoms with E-state index >= 15 is 0 Å². The van der Waals surface area contributed by atoms with Crippen LogP contribution in [0.5, 0.6) is 0 Å². The maximum absolute atomic E-state index is 12.4. The first kappa shape index (κ1) is 14.3. The van der Waals surface area contributed by atoms with Gasteiger partial charge in [-0.2, -0.15) is 0 Å². The van der Waals surface area contributed by atoms with Crippen LogP contribution >= 0.6 is 15.9 Å². The molecule has 1 aromatic rings. The van der Waals surface area contributed by atoms with E-state index in [2.05, 4.69) is 20.9 Å². The fourth-order valence-corrected chi connectivity index (χ4v) is 2.93. The maximum atomic E-state index is 12.4. The number of aromatic nitrogens is 1. The third-order valence-electron chi connectivity index (χ3n) is 3.60. The second-order valence-corrected chi connectivity index (χ2v) is 5.81. The van der Waals surface area contributed by atoms with Crippen LogP contribution in [0.3, 0.4) is 0 Å². The number of amides is 1. The molecule has 1 saturated heterocycles. The lowest BCUT2D eigenvalue weighted by Crippen LogP contribution is -2.38. The molecule has 4 nitrogen and oxygen atoms in total. The van der Waals surface area contributed by atoms with Gasteiger partial charge in [-0.3, -0.25) is 9.59 Å². The van der Waals surface area contributed by atoms with Gasteiger partial charge in [-0.05, 0) is 32.6 Å². The Kier molecular flexibility index (Phi) is 4.80. The number of halogens is 1. The molecule has 0 radical (unpaired) electrons. The number of carbonyl (C=O) groups excluding carboxylic acids is 1. The molecule has 0 saturated carbocycles. The Bertz CT molecular complexity index is 512. The van der Waals surface area contributed by atoms with Crippen LogP contribution in [0.2, 0.25) is 0 Å². The minimum atomic E-state index is -0.188. The molecular weight excluding hydrogens is 308 g/mol. The molecule has 0 aliphatic carbocycles. The fourth-order valence-electron chi connectivity index (χ4n) is 2.61. The molecule has 1 aliphatic rings. The number of likely N-dealkylation sites (tertiary alicyclic amines) is 1. The van der Waals surface area contributed by atoms with E-state index in [0.29, 0.717) is 0 Å². The Labute approximate surface area is 121 Å². The standard InChI is InChI=1S/C14H19BrN2O2/c1-10-8-13(18)12(9-16-10)14(19)17-7-3-5-11(17)4-2-6-15/h8-9,11H,2-7H2,1H3,(H,16,18). The van der Waals surface area contributed by atoms with Crippen molar-refractivity contribution >= 4 is 21.8 Å². The Morgan fingerprint density at radius 2 is 2.37 bits per heavy atom. The summed E-state index contributed by atoms with van der Waals surface area (Å²) in [5.74, 6) is -0.127. The molecule has 19 heavy (non-hydrogen) atoms. The van der Waals surface area contributed by atoms with Crippen molar-refractivity contribution in [1.82, 2.24) is 9.88 Å². The average molecular weight is 327 g/mol. The SMILES string of the molecule is Cc1cc(=O)c(C(=O)N2CCCC2CCCBr)c[nH]1. The zero-order valence-corrected chi connectivity index (χ0v) is 12.7. The van der Waals surface area contributed by atoms with Gasteiger partial charge in [0, 0.05) is 35.9 Å². The highest BCUT2D eigenvalue weighted by atomic mass is 79.9. The molecule has 1 aromatic heterocycles. The van der Waals surface area contributed by atoms with Crippen molar-refractivity contribution in [2.75, 3.05) is 11.9 Å². The quantitative estimate of drug-likeness (QED) is 0.864. The number of nitrogens with one attached hydrogen (secondary N) is 1. The van der Waals surface area contributed by atoms with E-state index in [1.54, 1.807) is 6.20 Å². The largest absolute Gasteiger partial charge is 0.364 e. The van der Waals surface area contributed by atoms with Gasteiger partial charge in [0.05, 0.1) is 0 Å². The number of hydrogen-bond donors (Lipinski definition) is 1. The highest BCUT2D eigenvalue weighted by Gasteiger charge is 2.29. The molecule has 0 aromatic carbocycles. The molecule has 0 spiro atoms. The summed E-state index contributed by atoms with van der Waals surface area (Å²) in [5.41, 5.74) is 0.850. The minimum absolute atomic E-state index is 0.127. The lowest BCUT2D eigenvalue weighted by Gasteiger charge is -2.24. The number of hydrogen-bond acceptors (Lipinski definition) is 2. The third kappa shape index (κ3) is 3.26. The maximum Gasteiger partial charge on any atom is 0.259 e. The second-order valence-electron chi connectivity index (χ2n) is 5.02. The van der Waals surface area contributed by atoms with Crippen molar-refractivity contribution in [1.29, 1.82) is 0 Å². The highest BCUT2D eigenvalue weighted by molar-refractivity contribution is 9.09. The summed E-state index contributed by atoms with van der Waals surface area (Å²) >= 11 is 3.42. The molecule has 5 heteroatoms. The lowest BCUT2D eigenvalue weighted by molar-refractivity contribution is 0.0728. The van der Waals surface area contributed by atoms with E-state index < -0.39 is 0 Å². The summed E-state index contributed by atoms with van der Waals surface area (Å²) in [6, 6.07) is 1.77. The zero-order chi connectivity index (χ0) is 13.8. The van der Waals surface area contributed by atoms with E-state index in [4.69, 9.17) is 0 Å². The van der Waals surface area contributed by atoms with Crippen LogP contribution in [0.1, 0.15) is 41.7 Å². The van der Waals surface area contributed by atoms with Crippen molar-refractivity contribution < 1.29 is 4.79 Å². The van der Waals surface area contributed by atoms with E-state index in [9.17, 15) is 9.59 Å². The summed E-state index contributed by atoms with van der Waals surface area (Å²) in [6.45, 7) is 2.57. The van der Waals surface area contributed by atoms with Gasteiger partial charge >= 0.3 is 0 Å². The van der Waals surface area contributed by atoms with Crippen molar-refractivity contribution in [3.8, 4) is 0 Å². The normalized spacial score (nSPS) is 18.8. The monoisotopic (exact) mass is 326 g/mol. The van der Waals surface area contributed by atoms with Gasteiger partial charge in [0.25, 0.3) is 5.91 Å². The first-order valence-corrected chi connectivity index (χ1v) is 7.82. The summed E-state index contributed by atoms with van der Waals surface area (Å²) in [7, 11) is 0. The van der Waals surface area contributed by atoms with Crippen LogP contribution in [0.25, 0.3) is 0 Å². The molecule has 1 unspecified atom stereocenters. The number of H-pyrrole nitrogens is 1. The van der Waals surface area contributed by atoms with Crippen LogP contribution in [0.4, 0.5) is 0 Å². The van der Waals surface area contributed by atoms with Crippen LogP contribution in [0, 0.1) is 6.92 Å². The summed E-state index contributed by atoms with van der Waals surface area (Å²) < 4.78 is 0. The first-order valence-electron chi connectivity index (χ1n) is 6.69. The second kappa shape index (κ2) is 6.37. The van der Waals surface area contributed by atoms with Crippen LogP contribution in [-0.2, 0) is 0 Å². The number of aromatic amines is 1. The summed E-state index contributed by atoms with van der Waals surface area (Å²) in [5, 5.41) is 0.955. The van der Waals surface area contributed by atoms with Gasteiger partial charge in [0.15, 0.2) is 5.43 Å². The summed E-state index contributed by atoms with van der Waals surface area (Å²) in [4.78, 5) is 29.1. The molecule has 1 aliphatic heterocycles. The van der Waals surface area contributed by atoms with Crippen LogP contribution < -0.4 is 5.43 Å². The van der Waals surface area contributed by atoms with Gasteiger partial charge < -0.3 is 9.88 Å². The van der Waals surface area contributed by atoms with Crippen molar-refractivity contribution in [3.05, 3.63) is 33.7 Å². The number of alkyl halides is 1. The van der Waals surface area contributed by atoms with E-state index in [1.165, 1.54) is 6.07 Å². The van der Waals surface area contributed by atoms with Gasteiger partial charge in [-0.25, -0.2) is 0 Å². The van der Waals surface area contributed by atoms with Crippen LogP contribution in [-0.4, -0.2) is 33.7 Å². The molecular formula is C14H19BrN2O2. The number of pyridine rings is 1. The Morgan fingerprint density at radius 3 is 3.05 bits per heavy atom. The van der Waals surface area contributed by atoms with Crippen molar-refractivity contribution in [2.45, 2.75) is 38.6 Å². The van der Waals surface area contributed by atoms with Crippen molar-refractivity contribution in [2.24, 2.45) is 0 Å². The first-order chi connectivity index (χ1) is 9.13. The predicted octanol–water partition coefficient (Wildman–Crippen LogP) is 2.46. The Balaban J connectivity index is 2.16. The summed E-state index contributed by atoms with van der Waals surface area (Å²) in [6.07, 6.45) is 5.67. The van der Waals surface area contributed by atoms with Gasteiger partial charge in [0.1, 0.15) is 5.56 Å². The van der Waals surface area contributed by atoms with Crippen molar-refractivity contribution in [3.63, 3.8) is 0 Å². The van der Waals surface area contributed by atoms with Crippen LogP contribution in [0.15, 0.2) is 17.1 Å². The fraction of sp³-hybridized carbons (Fsp3) is 0.571. The lowest BCUT2D eigenvalue weighted by atomic mass is 10.1. The Morgan fingerprint density at radius 1 is 1.58 bits per heavy atom. The van der Waals surface area contributed by atoms with E-state index in [1.807, 2.05) is 11.8 Å². The van der Waals surface area contributed by atoms with E-state index in [0.717, 1.165) is 43.3 Å². The highest BCUT2D eigenvalue weighted by Crippen LogP contribution is 2.23. The molecule has 0 bridgehead atoms. The van der Waals surface area contributed by atoms with Gasteiger partial charge in [-0.1, -0.05) is 15.9 Å². The molecule has 1 atom stereocenters. The molecule has 1 fully saturated rings. The number of nitrogens with zero attached hydrogens (tertiary/aromatic N) is 1. The Hall–Kier alpha value is -1.10. The molecule has 2 rings (SSSR count). The molecule has 2 heterocycles. The topological polar surface area (TPSA) is 53.2 Å². The van der Waals surface area contributed by atoms with E-state index in [-0.39, 0.29) is 22.9 Å². The number of aryl methyl sites for hydroxylation is 1. The molecule has 1 amide bonds. The minimum Gasteiger partial charge on any atom is -0.364 e. The zero-order valence-electron chi connectivity index (χ0n) is 11.1. The molecule has 1 N–H and O–H groups in total. The number of carbonyl (C=O) groups is 1. The molecule has 104 valence electrons. The average Bonchev–Trinajstić information content (AvgIpc) is 2.83. The number of rotatable bonds is 4. The smallest absolute Gasteiger partial charge is 0.259 e. The predicted molar refractivity (Wildman–Crippen MR) is 78.9 cm³/mol.